The van der Waals surface area contributed by atoms with Gasteiger partial charge in [-0.05, 0) is 25.5 Å². The highest BCUT2D eigenvalue weighted by molar-refractivity contribution is 5.80. The van der Waals surface area contributed by atoms with Crippen molar-refractivity contribution in [1.82, 2.24) is 19.9 Å². The maximum absolute atomic E-state index is 12.0. The number of pyridine rings is 1. The molecular formula is C14H19N5O. The lowest BCUT2D eigenvalue weighted by atomic mass is 10.2. The average molecular weight is 273 g/mol. The molecular weight excluding hydrogens is 254 g/mol. The van der Waals surface area contributed by atoms with Crippen molar-refractivity contribution in [2.24, 2.45) is 0 Å². The molecule has 0 aliphatic carbocycles. The SMILES string of the molecule is CCCNC(=O)C(C)n1cncc1-c1ccc(N)nc1. The average Bonchev–Trinajstić information content (AvgIpc) is 2.94. The van der Waals surface area contributed by atoms with E-state index in [1.54, 1.807) is 24.8 Å². The van der Waals surface area contributed by atoms with Gasteiger partial charge in [0.2, 0.25) is 5.91 Å². The molecule has 2 rings (SSSR count). The third kappa shape index (κ3) is 2.96. The van der Waals surface area contributed by atoms with Crippen LogP contribution < -0.4 is 11.1 Å². The summed E-state index contributed by atoms with van der Waals surface area (Å²) < 4.78 is 1.83. The van der Waals surface area contributed by atoms with Crippen molar-refractivity contribution in [2.45, 2.75) is 26.3 Å². The summed E-state index contributed by atoms with van der Waals surface area (Å²) in [6, 6.07) is 3.28. The minimum atomic E-state index is -0.323. The number of nitrogens with zero attached hydrogens (tertiary/aromatic N) is 3. The zero-order chi connectivity index (χ0) is 14.5. The van der Waals surface area contributed by atoms with E-state index in [4.69, 9.17) is 5.73 Å². The van der Waals surface area contributed by atoms with Gasteiger partial charge in [-0.2, -0.15) is 0 Å². The van der Waals surface area contributed by atoms with E-state index >= 15 is 0 Å². The van der Waals surface area contributed by atoms with Gasteiger partial charge in [-0.25, -0.2) is 9.97 Å². The highest BCUT2D eigenvalue weighted by Gasteiger charge is 2.17. The van der Waals surface area contributed by atoms with E-state index in [-0.39, 0.29) is 11.9 Å². The van der Waals surface area contributed by atoms with Crippen LogP contribution in [0.3, 0.4) is 0 Å². The van der Waals surface area contributed by atoms with Crippen LogP contribution in [-0.2, 0) is 4.79 Å². The Hall–Kier alpha value is -2.37. The highest BCUT2D eigenvalue weighted by Crippen LogP contribution is 2.22. The normalized spacial score (nSPS) is 12.1. The molecule has 0 fully saturated rings. The molecule has 0 spiro atoms. The first kappa shape index (κ1) is 14.0. The van der Waals surface area contributed by atoms with Gasteiger partial charge in [0.05, 0.1) is 18.2 Å². The number of nitrogens with two attached hydrogens (primary N) is 1. The predicted octanol–water partition coefficient (Wildman–Crippen LogP) is 1.61. The standard InChI is InChI=1S/C14H19N5O/c1-3-6-17-14(20)10(2)19-9-16-8-12(19)11-4-5-13(15)18-7-11/h4-5,7-10H,3,6H2,1-2H3,(H2,15,18)(H,17,20). The Morgan fingerprint density at radius 1 is 1.45 bits per heavy atom. The second kappa shape index (κ2) is 6.18. The van der Waals surface area contributed by atoms with Crippen LogP contribution >= 0.6 is 0 Å². The van der Waals surface area contributed by atoms with Crippen LogP contribution in [0.4, 0.5) is 5.82 Å². The van der Waals surface area contributed by atoms with Gasteiger partial charge in [0.25, 0.3) is 0 Å². The molecule has 2 aromatic rings. The fourth-order valence-electron chi connectivity index (χ4n) is 1.92. The molecule has 6 nitrogen and oxygen atoms in total. The number of hydrogen-bond donors (Lipinski definition) is 2. The lowest BCUT2D eigenvalue weighted by molar-refractivity contribution is -0.123. The van der Waals surface area contributed by atoms with E-state index < -0.39 is 0 Å². The summed E-state index contributed by atoms with van der Waals surface area (Å²) in [5.74, 6) is 0.447. The monoisotopic (exact) mass is 273 g/mol. The number of anilines is 1. The molecule has 3 N–H and O–H groups in total. The Kier molecular flexibility index (Phi) is 4.34. The Bertz CT molecular complexity index is 576. The van der Waals surface area contributed by atoms with Crippen molar-refractivity contribution < 1.29 is 4.79 Å². The minimum Gasteiger partial charge on any atom is -0.384 e. The lowest BCUT2D eigenvalue weighted by Crippen LogP contribution is -2.31. The van der Waals surface area contributed by atoms with E-state index in [9.17, 15) is 4.79 Å². The lowest BCUT2D eigenvalue weighted by Gasteiger charge is -2.16. The number of imidazole rings is 1. The molecule has 0 saturated carbocycles. The summed E-state index contributed by atoms with van der Waals surface area (Å²) in [4.78, 5) is 20.2. The molecule has 2 aromatic heterocycles. The van der Waals surface area contributed by atoms with E-state index in [1.165, 1.54) is 0 Å². The van der Waals surface area contributed by atoms with E-state index in [2.05, 4.69) is 15.3 Å². The second-order valence-electron chi connectivity index (χ2n) is 4.62. The van der Waals surface area contributed by atoms with Crippen LogP contribution in [-0.4, -0.2) is 27.0 Å². The predicted molar refractivity (Wildman–Crippen MR) is 77.9 cm³/mol. The number of nitrogen functional groups attached to an aromatic ring is 1. The van der Waals surface area contributed by atoms with Crippen LogP contribution in [0.1, 0.15) is 26.3 Å². The molecule has 106 valence electrons. The minimum absolute atomic E-state index is 0.0190. The first-order valence-corrected chi connectivity index (χ1v) is 6.65. The maximum atomic E-state index is 12.0. The van der Waals surface area contributed by atoms with Crippen LogP contribution in [0.5, 0.6) is 0 Å². The highest BCUT2D eigenvalue weighted by atomic mass is 16.2. The van der Waals surface area contributed by atoms with Crippen molar-refractivity contribution in [3.8, 4) is 11.3 Å². The Morgan fingerprint density at radius 2 is 2.25 bits per heavy atom. The third-order valence-electron chi connectivity index (χ3n) is 3.09. The van der Waals surface area contributed by atoms with Gasteiger partial charge in [0.1, 0.15) is 11.9 Å². The molecule has 0 aliphatic heterocycles. The van der Waals surface area contributed by atoms with Gasteiger partial charge in [-0.3, -0.25) is 4.79 Å². The van der Waals surface area contributed by atoms with Gasteiger partial charge in [-0.15, -0.1) is 0 Å². The van der Waals surface area contributed by atoms with Crippen molar-refractivity contribution in [1.29, 1.82) is 0 Å². The molecule has 0 aromatic carbocycles. The first-order chi connectivity index (χ1) is 9.63. The van der Waals surface area contributed by atoms with Crippen LogP contribution in [0.15, 0.2) is 30.9 Å². The summed E-state index contributed by atoms with van der Waals surface area (Å²) in [5.41, 5.74) is 7.31. The Balaban J connectivity index is 2.24. The third-order valence-corrected chi connectivity index (χ3v) is 3.09. The quantitative estimate of drug-likeness (QED) is 0.866. The number of rotatable bonds is 5. The van der Waals surface area contributed by atoms with Gasteiger partial charge in [0.15, 0.2) is 0 Å². The largest absolute Gasteiger partial charge is 0.384 e. The molecule has 20 heavy (non-hydrogen) atoms. The van der Waals surface area contributed by atoms with Gasteiger partial charge in [-0.1, -0.05) is 6.92 Å². The van der Waals surface area contributed by atoms with Crippen molar-refractivity contribution in [2.75, 3.05) is 12.3 Å². The number of carbonyl (C=O) groups is 1. The Labute approximate surface area is 118 Å². The molecule has 0 bridgehead atoms. The zero-order valence-electron chi connectivity index (χ0n) is 11.7. The molecule has 0 aliphatic rings. The number of amides is 1. The number of carbonyl (C=O) groups excluding carboxylic acids is 1. The smallest absolute Gasteiger partial charge is 0.242 e. The fourth-order valence-corrected chi connectivity index (χ4v) is 1.92. The van der Waals surface area contributed by atoms with Crippen molar-refractivity contribution in [3.63, 3.8) is 0 Å². The summed E-state index contributed by atoms with van der Waals surface area (Å²) in [6.45, 7) is 4.55. The molecule has 0 saturated heterocycles. The second-order valence-corrected chi connectivity index (χ2v) is 4.62. The number of nitrogens with one attached hydrogen (secondary N) is 1. The molecule has 6 heteroatoms. The van der Waals surface area contributed by atoms with Gasteiger partial charge < -0.3 is 15.6 Å². The van der Waals surface area contributed by atoms with Crippen molar-refractivity contribution in [3.05, 3.63) is 30.9 Å². The molecule has 2 heterocycles. The topological polar surface area (TPSA) is 85.8 Å². The van der Waals surface area contributed by atoms with Crippen molar-refractivity contribution >= 4 is 11.7 Å². The number of hydrogen-bond acceptors (Lipinski definition) is 4. The molecule has 1 unspecified atom stereocenters. The van der Waals surface area contributed by atoms with E-state index in [0.717, 1.165) is 17.7 Å². The van der Waals surface area contributed by atoms with E-state index in [0.29, 0.717) is 12.4 Å². The summed E-state index contributed by atoms with van der Waals surface area (Å²) in [6.07, 6.45) is 5.97. The molecule has 1 atom stereocenters. The van der Waals surface area contributed by atoms with Crippen LogP contribution in [0, 0.1) is 0 Å². The maximum Gasteiger partial charge on any atom is 0.242 e. The van der Waals surface area contributed by atoms with Gasteiger partial charge in [0, 0.05) is 18.3 Å². The zero-order valence-corrected chi connectivity index (χ0v) is 11.7. The molecule has 1 amide bonds. The van der Waals surface area contributed by atoms with Crippen LogP contribution in [0.25, 0.3) is 11.3 Å². The summed E-state index contributed by atoms with van der Waals surface area (Å²) in [7, 11) is 0. The molecule has 0 radical (unpaired) electrons. The Morgan fingerprint density at radius 3 is 2.90 bits per heavy atom. The van der Waals surface area contributed by atoms with Crippen LogP contribution in [0.2, 0.25) is 0 Å². The van der Waals surface area contributed by atoms with E-state index in [1.807, 2.05) is 24.5 Å². The van der Waals surface area contributed by atoms with Gasteiger partial charge >= 0.3 is 0 Å². The first-order valence-electron chi connectivity index (χ1n) is 6.65. The summed E-state index contributed by atoms with van der Waals surface area (Å²) >= 11 is 0. The summed E-state index contributed by atoms with van der Waals surface area (Å²) in [5, 5.41) is 2.89. The number of aromatic nitrogens is 3. The fraction of sp³-hybridized carbons (Fsp3) is 0.357.